The third-order valence-corrected chi connectivity index (χ3v) is 3.73. The smallest absolute Gasteiger partial charge is 0.328 e. The Labute approximate surface area is 140 Å². The molecule has 5 heteroatoms. The zero-order valence-corrected chi connectivity index (χ0v) is 13.1. The van der Waals surface area contributed by atoms with Crippen molar-refractivity contribution in [1.29, 1.82) is 0 Å². The number of esters is 1. The Morgan fingerprint density at radius 3 is 2.58 bits per heavy atom. The molecule has 1 heterocycles. The van der Waals surface area contributed by atoms with Crippen LogP contribution in [0.5, 0.6) is 0 Å². The first kappa shape index (κ1) is 15.9. The van der Waals surface area contributed by atoms with E-state index in [0.717, 1.165) is 16.8 Å². The fourth-order valence-corrected chi connectivity index (χ4v) is 2.45. The molecule has 0 aromatic heterocycles. The van der Waals surface area contributed by atoms with Gasteiger partial charge in [0.25, 0.3) is 0 Å². The standard InChI is InChI=1S/C19H18N2O3/c22-18(21-17-10-11-24-19(17)23)12-14-6-8-16(9-7-14)20-13-15-4-2-1-3-5-15/h1-9,13,17H,10-12H2,(H,21,22)/b20-13+/t17-/m0/s1. The van der Waals surface area contributed by atoms with E-state index in [2.05, 4.69) is 10.3 Å². The maximum absolute atomic E-state index is 12.0. The molecule has 5 nitrogen and oxygen atoms in total. The fourth-order valence-electron chi connectivity index (χ4n) is 2.45. The van der Waals surface area contributed by atoms with E-state index in [0.29, 0.717) is 13.0 Å². The van der Waals surface area contributed by atoms with Gasteiger partial charge in [-0.2, -0.15) is 0 Å². The molecule has 1 aliphatic rings. The zero-order chi connectivity index (χ0) is 16.8. The van der Waals surface area contributed by atoms with Gasteiger partial charge >= 0.3 is 5.97 Å². The van der Waals surface area contributed by atoms with E-state index >= 15 is 0 Å². The lowest BCUT2D eigenvalue weighted by atomic mass is 10.1. The van der Waals surface area contributed by atoms with E-state index < -0.39 is 6.04 Å². The van der Waals surface area contributed by atoms with Crippen LogP contribution in [0.25, 0.3) is 0 Å². The minimum Gasteiger partial charge on any atom is -0.464 e. The van der Waals surface area contributed by atoms with Gasteiger partial charge in [-0.15, -0.1) is 0 Å². The molecule has 1 N–H and O–H groups in total. The minimum atomic E-state index is -0.507. The third kappa shape index (κ3) is 4.29. The summed E-state index contributed by atoms with van der Waals surface area (Å²) >= 11 is 0. The number of hydrogen-bond donors (Lipinski definition) is 1. The summed E-state index contributed by atoms with van der Waals surface area (Å²) in [7, 11) is 0. The Kier molecular flexibility index (Phi) is 5.01. The summed E-state index contributed by atoms with van der Waals surface area (Å²) in [4.78, 5) is 27.7. The molecule has 1 aliphatic heterocycles. The molecule has 1 amide bonds. The number of carbonyl (C=O) groups is 2. The van der Waals surface area contributed by atoms with Gasteiger partial charge in [-0.3, -0.25) is 9.79 Å². The zero-order valence-electron chi connectivity index (χ0n) is 13.1. The second-order valence-corrected chi connectivity index (χ2v) is 5.59. The van der Waals surface area contributed by atoms with Gasteiger partial charge < -0.3 is 10.1 Å². The molecule has 0 unspecified atom stereocenters. The molecule has 1 saturated heterocycles. The van der Waals surface area contributed by atoms with Gasteiger partial charge in [-0.1, -0.05) is 42.5 Å². The highest BCUT2D eigenvalue weighted by molar-refractivity contribution is 5.86. The normalized spacial score (nSPS) is 17.0. The van der Waals surface area contributed by atoms with Crippen LogP contribution in [0, 0.1) is 0 Å². The topological polar surface area (TPSA) is 67.8 Å². The highest BCUT2D eigenvalue weighted by atomic mass is 16.5. The largest absolute Gasteiger partial charge is 0.464 e. The average molecular weight is 322 g/mol. The van der Waals surface area contributed by atoms with Gasteiger partial charge in [0.2, 0.25) is 5.91 Å². The van der Waals surface area contributed by atoms with E-state index in [1.165, 1.54) is 0 Å². The lowest BCUT2D eigenvalue weighted by Gasteiger charge is -2.08. The van der Waals surface area contributed by atoms with Crippen LogP contribution in [0.15, 0.2) is 59.6 Å². The van der Waals surface area contributed by atoms with Crippen molar-refractivity contribution in [3.63, 3.8) is 0 Å². The monoisotopic (exact) mass is 322 g/mol. The van der Waals surface area contributed by atoms with Crippen molar-refractivity contribution in [2.45, 2.75) is 18.9 Å². The molecule has 3 rings (SSSR count). The van der Waals surface area contributed by atoms with Crippen LogP contribution in [0.1, 0.15) is 17.5 Å². The number of carbonyl (C=O) groups excluding carboxylic acids is 2. The predicted octanol–water partition coefficient (Wildman–Crippen LogP) is 2.41. The van der Waals surface area contributed by atoms with Crippen molar-refractivity contribution < 1.29 is 14.3 Å². The molecular formula is C19H18N2O3. The molecule has 2 aromatic carbocycles. The summed E-state index contributed by atoms with van der Waals surface area (Å²) < 4.78 is 4.83. The van der Waals surface area contributed by atoms with Crippen molar-refractivity contribution in [3.8, 4) is 0 Å². The number of aliphatic imine (C=N–C) groups is 1. The Balaban J connectivity index is 1.55. The number of hydrogen-bond acceptors (Lipinski definition) is 4. The van der Waals surface area contributed by atoms with Crippen molar-refractivity contribution in [3.05, 3.63) is 65.7 Å². The first-order valence-electron chi connectivity index (χ1n) is 7.85. The van der Waals surface area contributed by atoms with Gasteiger partial charge in [-0.25, -0.2) is 4.79 Å². The maximum atomic E-state index is 12.0. The van der Waals surface area contributed by atoms with E-state index in [9.17, 15) is 9.59 Å². The van der Waals surface area contributed by atoms with Gasteiger partial charge in [0, 0.05) is 12.6 Å². The summed E-state index contributed by atoms with van der Waals surface area (Å²) in [5.74, 6) is -0.534. The van der Waals surface area contributed by atoms with Crippen LogP contribution >= 0.6 is 0 Å². The number of nitrogens with one attached hydrogen (secondary N) is 1. The molecule has 24 heavy (non-hydrogen) atoms. The SMILES string of the molecule is O=C(Cc1ccc(/N=C/c2ccccc2)cc1)N[C@H]1CCOC1=O. The van der Waals surface area contributed by atoms with Crippen LogP contribution in [0.4, 0.5) is 5.69 Å². The molecule has 0 bridgehead atoms. The van der Waals surface area contributed by atoms with E-state index in [1.54, 1.807) is 6.21 Å². The molecule has 0 spiro atoms. The summed E-state index contributed by atoms with van der Waals surface area (Å²) in [6.07, 6.45) is 2.57. The molecule has 1 atom stereocenters. The lowest BCUT2D eigenvalue weighted by Crippen LogP contribution is -2.38. The third-order valence-electron chi connectivity index (χ3n) is 3.73. The number of nitrogens with zero attached hydrogens (tertiary/aromatic N) is 1. The molecular weight excluding hydrogens is 304 g/mol. The number of amides is 1. The van der Waals surface area contributed by atoms with Crippen molar-refractivity contribution in [1.82, 2.24) is 5.32 Å². The van der Waals surface area contributed by atoms with Crippen LogP contribution in [-0.4, -0.2) is 30.7 Å². The Hall–Kier alpha value is -2.95. The van der Waals surface area contributed by atoms with Crippen LogP contribution in [-0.2, 0) is 20.7 Å². The molecule has 122 valence electrons. The fraction of sp³-hybridized carbons (Fsp3) is 0.211. The first-order chi connectivity index (χ1) is 11.7. The van der Waals surface area contributed by atoms with Gasteiger partial charge in [0.1, 0.15) is 6.04 Å². The van der Waals surface area contributed by atoms with E-state index in [4.69, 9.17) is 4.74 Å². The number of benzene rings is 2. The molecule has 0 saturated carbocycles. The van der Waals surface area contributed by atoms with Crippen LogP contribution in [0.3, 0.4) is 0 Å². The Morgan fingerprint density at radius 1 is 1.17 bits per heavy atom. The Morgan fingerprint density at radius 2 is 1.92 bits per heavy atom. The summed E-state index contributed by atoms with van der Waals surface area (Å²) in [6, 6.07) is 16.8. The average Bonchev–Trinajstić information content (AvgIpc) is 3.00. The molecule has 0 aliphatic carbocycles. The van der Waals surface area contributed by atoms with Crippen molar-refractivity contribution in [2.24, 2.45) is 4.99 Å². The van der Waals surface area contributed by atoms with Crippen LogP contribution < -0.4 is 5.32 Å². The predicted molar refractivity (Wildman–Crippen MR) is 91.3 cm³/mol. The lowest BCUT2D eigenvalue weighted by molar-refractivity contribution is -0.141. The second kappa shape index (κ2) is 7.55. The van der Waals surface area contributed by atoms with E-state index in [1.807, 2.05) is 54.6 Å². The highest BCUT2D eigenvalue weighted by Crippen LogP contribution is 2.14. The molecule has 2 aromatic rings. The number of rotatable bonds is 5. The maximum Gasteiger partial charge on any atom is 0.328 e. The Bertz CT molecular complexity index is 739. The van der Waals surface area contributed by atoms with Crippen molar-refractivity contribution >= 4 is 23.8 Å². The number of cyclic esters (lactones) is 1. The summed E-state index contributed by atoms with van der Waals surface area (Å²) in [5, 5.41) is 2.70. The quantitative estimate of drug-likeness (QED) is 0.679. The van der Waals surface area contributed by atoms with Crippen molar-refractivity contribution in [2.75, 3.05) is 6.61 Å². The van der Waals surface area contributed by atoms with Gasteiger partial charge in [0.05, 0.1) is 18.7 Å². The first-order valence-corrected chi connectivity index (χ1v) is 7.85. The van der Waals surface area contributed by atoms with Gasteiger partial charge in [0.15, 0.2) is 0 Å². The minimum absolute atomic E-state index is 0.181. The highest BCUT2D eigenvalue weighted by Gasteiger charge is 2.27. The molecule has 1 fully saturated rings. The van der Waals surface area contributed by atoms with Gasteiger partial charge in [-0.05, 0) is 23.3 Å². The summed E-state index contributed by atoms with van der Waals surface area (Å²) in [6.45, 7) is 0.373. The second-order valence-electron chi connectivity index (χ2n) is 5.59. The molecule has 0 radical (unpaired) electrons. The van der Waals surface area contributed by atoms with E-state index in [-0.39, 0.29) is 18.3 Å². The number of ether oxygens (including phenoxy) is 1. The summed E-state index contributed by atoms with van der Waals surface area (Å²) in [5.41, 5.74) is 2.73. The van der Waals surface area contributed by atoms with Crippen LogP contribution in [0.2, 0.25) is 0 Å².